The number of aromatic nitrogens is 3. The van der Waals surface area contributed by atoms with Gasteiger partial charge in [0.15, 0.2) is 17.5 Å². The van der Waals surface area contributed by atoms with Crippen LogP contribution in [0, 0.1) is 0 Å². The largest absolute Gasteiger partial charge is 0.455 e. The van der Waals surface area contributed by atoms with Crippen molar-refractivity contribution in [3.63, 3.8) is 0 Å². The number of thiophene rings is 1. The van der Waals surface area contributed by atoms with E-state index in [9.17, 15) is 0 Å². The molecule has 9 aromatic carbocycles. The summed E-state index contributed by atoms with van der Waals surface area (Å²) < 4.78 is 9.34. The highest BCUT2D eigenvalue weighted by molar-refractivity contribution is 7.25. The Balaban J connectivity index is 0.998. The third-order valence-corrected chi connectivity index (χ3v) is 12.9. The minimum Gasteiger partial charge on any atom is -0.455 e. The third kappa shape index (κ3) is 6.26. The molecule has 0 radical (unpaired) electrons. The van der Waals surface area contributed by atoms with Crippen LogP contribution in [-0.4, -0.2) is 15.0 Å². The average Bonchev–Trinajstić information content (AvgIpc) is 3.94. The van der Waals surface area contributed by atoms with Crippen LogP contribution >= 0.6 is 11.3 Å². The zero-order chi connectivity index (χ0) is 41.0. The van der Waals surface area contributed by atoms with Crippen molar-refractivity contribution in [2.75, 3.05) is 0 Å². The number of hydrogen-bond donors (Lipinski definition) is 0. The van der Waals surface area contributed by atoms with Gasteiger partial charge in [-0.3, -0.25) is 0 Å². The molecular weight excluding hydrogens is 775 g/mol. The first-order chi connectivity index (χ1) is 30.7. The Hall–Kier alpha value is -7.99. The Kier molecular flexibility index (Phi) is 8.65. The number of para-hydroxylation sites is 1. The Morgan fingerprint density at radius 1 is 0.306 bits per heavy atom. The minimum absolute atomic E-state index is 0.608. The number of fused-ring (bicyclic) bond motifs is 6. The summed E-state index contributed by atoms with van der Waals surface area (Å²) in [5, 5.41) is 4.72. The number of rotatable bonds is 7. The molecular formula is C57H35N3OS. The first-order valence-corrected chi connectivity index (χ1v) is 21.6. The summed E-state index contributed by atoms with van der Waals surface area (Å²) in [5.74, 6) is 1.84. The van der Waals surface area contributed by atoms with E-state index in [1.54, 1.807) is 0 Å². The molecule has 12 aromatic rings. The molecule has 4 nitrogen and oxygen atoms in total. The number of furan rings is 1. The monoisotopic (exact) mass is 809 g/mol. The first-order valence-electron chi connectivity index (χ1n) is 20.8. The van der Waals surface area contributed by atoms with Gasteiger partial charge in [0.25, 0.3) is 0 Å². The van der Waals surface area contributed by atoms with E-state index < -0.39 is 0 Å². The normalized spacial score (nSPS) is 11.5. The van der Waals surface area contributed by atoms with Gasteiger partial charge < -0.3 is 4.42 Å². The molecule has 0 spiro atoms. The van der Waals surface area contributed by atoms with Gasteiger partial charge in [-0.05, 0) is 81.4 Å². The fourth-order valence-corrected chi connectivity index (χ4v) is 9.91. The molecule has 3 heterocycles. The minimum atomic E-state index is 0.608. The third-order valence-electron chi connectivity index (χ3n) is 11.7. The molecule has 0 amide bonds. The van der Waals surface area contributed by atoms with Gasteiger partial charge in [-0.15, -0.1) is 11.3 Å². The van der Waals surface area contributed by atoms with Crippen molar-refractivity contribution in [2.24, 2.45) is 0 Å². The van der Waals surface area contributed by atoms with Gasteiger partial charge >= 0.3 is 0 Å². The maximum atomic E-state index is 6.79. The van der Waals surface area contributed by atoms with Crippen molar-refractivity contribution >= 4 is 53.4 Å². The van der Waals surface area contributed by atoms with Crippen LogP contribution in [0.3, 0.4) is 0 Å². The Labute approximate surface area is 362 Å². The smallest absolute Gasteiger partial charge is 0.164 e. The highest BCUT2D eigenvalue weighted by Gasteiger charge is 2.21. The van der Waals surface area contributed by atoms with Crippen LogP contribution < -0.4 is 0 Å². The van der Waals surface area contributed by atoms with Gasteiger partial charge in [0.1, 0.15) is 11.2 Å². The summed E-state index contributed by atoms with van der Waals surface area (Å²) >= 11 is 1.83. The summed E-state index contributed by atoms with van der Waals surface area (Å²) in [6, 6.07) is 74.4. The Morgan fingerprint density at radius 3 is 1.48 bits per heavy atom. The van der Waals surface area contributed by atoms with Crippen LogP contribution in [0.1, 0.15) is 0 Å². The maximum absolute atomic E-state index is 6.79. The van der Waals surface area contributed by atoms with Gasteiger partial charge in [0.05, 0.1) is 0 Å². The lowest BCUT2D eigenvalue weighted by Gasteiger charge is -2.13. The van der Waals surface area contributed by atoms with E-state index in [0.29, 0.717) is 17.5 Å². The van der Waals surface area contributed by atoms with E-state index in [1.165, 1.54) is 25.7 Å². The molecule has 62 heavy (non-hydrogen) atoms. The molecule has 0 aliphatic heterocycles. The lowest BCUT2D eigenvalue weighted by atomic mass is 9.92. The molecule has 0 aliphatic carbocycles. The van der Waals surface area contributed by atoms with Crippen LogP contribution in [-0.2, 0) is 0 Å². The molecule has 0 atom stereocenters. The summed E-state index contributed by atoms with van der Waals surface area (Å²) in [6.45, 7) is 0. The average molecular weight is 810 g/mol. The van der Waals surface area contributed by atoms with Crippen molar-refractivity contribution in [3.05, 3.63) is 212 Å². The summed E-state index contributed by atoms with van der Waals surface area (Å²) in [4.78, 5) is 15.4. The molecule has 0 saturated carbocycles. The second-order valence-corrected chi connectivity index (χ2v) is 16.6. The van der Waals surface area contributed by atoms with Crippen LogP contribution in [0.5, 0.6) is 0 Å². The molecule has 0 N–H and O–H groups in total. The maximum Gasteiger partial charge on any atom is 0.164 e. The molecule has 12 rings (SSSR count). The zero-order valence-electron chi connectivity index (χ0n) is 33.4. The van der Waals surface area contributed by atoms with Gasteiger partial charge in [-0.2, -0.15) is 0 Å². The van der Waals surface area contributed by atoms with E-state index >= 15 is 0 Å². The summed E-state index contributed by atoms with van der Waals surface area (Å²) in [7, 11) is 0. The Bertz CT molecular complexity index is 3560. The second-order valence-electron chi connectivity index (χ2n) is 15.5. The fraction of sp³-hybridized carbons (Fsp3) is 0. The van der Waals surface area contributed by atoms with Crippen molar-refractivity contribution < 1.29 is 4.42 Å². The molecule has 0 unspecified atom stereocenters. The van der Waals surface area contributed by atoms with E-state index in [1.807, 2.05) is 59.9 Å². The summed E-state index contributed by atoms with van der Waals surface area (Å²) in [6.07, 6.45) is 0. The molecule has 0 aliphatic rings. The van der Waals surface area contributed by atoms with Crippen LogP contribution in [0.2, 0.25) is 0 Å². The van der Waals surface area contributed by atoms with Crippen LogP contribution in [0.15, 0.2) is 217 Å². The van der Waals surface area contributed by atoms with E-state index in [-0.39, 0.29) is 0 Å². The van der Waals surface area contributed by atoms with Gasteiger partial charge in [-0.1, -0.05) is 170 Å². The molecule has 0 saturated heterocycles. The fourth-order valence-electron chi connectivity index (χ4n) is 8.78. The lowest BCUT2D eigenvalue weighted by molar-refractivity contribution is 0.670. The zero-order valence-corrected chi connectivity index (χ0v) is 34.2. The lowest BCUT2D eigenvalue weighted by Crippen LogP contribution is -2.00. The molecule has 290 valence electrons. The predicted octanol–water partition coefficient (Wildman–Crippen LogP) is 15.8. The number of nitrogens with zero attached hydrogens (tertiary/aromatic N) is 3. The molecule has 5 heteroatoms. The Morgan fingerprint density at radius 2 is 0.806 bits per heavy atom. The van der Waals surface area contributed by atoms with Crippen molar-refractivity contribution in [3.8, 4) is 78.7 Å². The molecule has 3 aromatic heterocycles. The van der Waals surface area contributed by atoms with Crippen LogP contribution in [0.4, 0.5) is 0 Å². The van der Waals surface area contributed by atoms with Crippen molar-refractivity contribution in [1.29, 1.82) is 0 Å². The van der Waals surface area contributed by atoms with E-state index in [4.69, 9.17) is 19.4 Å². The highest BCUT2D eigenvalue weighted by Crippen LogP contribution is 2.46. The van der Waals surface area contributed by atoms with E-state index in [0.717, 1.165) is 77.6 Å². The SMILES string of the molecule is c1ccc(-c2cc(-c3ccccc3)cc(-c3nc(-c4ccccc4)nc(-c4ccc(-c5ccc(-c6cccc7sc8ccccc8c67)c6oc7ccccc7c56)cc4)n3)c2)cc1. The molecule has 0 bridgehead atoms. The van der Waals surface area contributed by atoms with E-state index in [2.05, 4.69) is 164 Å². The van der Waals surface area contributed by atoms with Crippen molar-refractivity contribution in [2.45, 2.75) is 0 Å². The van der Waals surface area contributed by atoms with Crippen molar-refractivity contribution in [1.82, 2.24) is 15.0 Å². The standard InChI is InChI=1S/C57H35N3OS/c1-4-15-36(16-5-1)41-33-42(37-17-6-2-7-18-37)35-43(34-41)57-59-55(39-19-8-3-9-20-39)58-56(60-57)40-29-27-38(28-30-40)44-31-32-46(54-53(44)47-21-10-12-24-49(47)61-54)45-23-14-26-51-52(45)48-22-11-13-25-50(48)62-51/h1-35H. The second kappa shape index (κ2) is 14.9. The predicted molar refractivity (Wildman–Crippen MR) is 258 cm³/mol. The number of benzene rings is 9. The van der Waals surface area contributed by atoms with Gasteiger partial charge in [-0.25, -0.2) is 15.0 Å². The quantitative estimate of drug-likeness (QED) is 0.161. The number of hydrogen-bond acceptors (Lipinski definition) is 5. The topological polar surface area (TPSA) is 51.8 Å². The summed E-state index contributed by atoms with van der Waals surface area (Å²) in [5.41, 5.74) is 13.4. The van der Waals surface area contributed by atoms with Gasteiger partial charge in [0, 0.05) is 53.2 Å². The first kappa shape index (κ1) is 35.9. The van der Waals surface area contributed by atoms with Gasteiger partial charge in [0.2, 0.25) is 0 Å². The highest BCUT2D eigenvalue weighted by atomic mass is 32.1. The van der Waals surface area contributed by atoms with Crippen LogP contribution in [0.25, 0.3) is 121 Å². The molecule has 0 fully saturated rings.